The van der Waals surface area contributed by atoms with E-state index in [1.807, 2.05) is 16.8 Å². The average Bonchev–Trinajstić information content (AvgIpc) is 2.77. The maximum Gasteiger partial charge on any atom is 0.237 e. The second-order valence-corrected chi connectivity index (χ2v) is 9.64. The summed E-state index contributed by atoms with van der Waals surface area (Å²) in [5, 5.41) is 20.9. The summed E-state index contributed by atoms with van der Waals surface area (Å²) in [7, 11) is 4.97. The normalized spacial score (nSPS) is 26.1. The molecule has 0 radical (unpaired) electrons. The van der Waals surface area contributed by atoms with Gasteiger partial charge in [0.25, 0.3) is 0 Å². The van der Waals surface area contributed by atoms with Gasteiger partial charge in [0.2, 0.25) is 11.8 Å². The summed E-state index contributed by atoms with van der Waals surface area (Å²) in [4.78, 5) is 31.4. The molecule has 34 heavy (non-hydrogen) atoms. The Morgan fingerprint density at radius 3 is 2.47 bits per heavy atom. The molecule has 0 aromatic heterocycles. The van der Waals surface area contributed by atoms with Crippen LogP contribution in [-0.2, 0) is 23.8 Å². The minimum atomic E-state index is -1.20. The zero-order valence-corrected chi connectivity index (χ0v) is 21.9. The van der Waals surface area contributed by atoms with Crippen molar-refractivity contribution in [2.45, 2.75) is 64.4 Å². The zero-order valence-electron chi connectivity index (χ0n) is 21.9. The van der Waals surface area contributed by atoms with Crippen molar-refractivity contribution in [1.29, 1.82) is 0 Å². The second kappa shape index (κ2) is 16.4. The highest BCUT2D eigenvalue weighted by Crippen LogP contribution is 2.18. The van der Waals surface area contributed by atoms with Gasteiger partial charge in [-0.15, -0.1) is 0 Å². The van der Waals surface area contributed by atoms with Crippen LogP contribution in [0.25, 0.3) is 0 Å². The van der Waals surface area contributed by atoms with Crippen molar-refractivity contribution in [1.82, 2.24) is 14.7 Å². The van der Waals surface area contributed by atoms with Crippen LogP contribution in [0.4, 0.5) is 0 Å². The number of aliphatic hydroxyl groups excluding tert-OH is 2. The maximum atomic E-state index is 13.4. The second-order valence-electron chi connectivity index (χ2n) is 9.64. The van der Waals surface area contributed by atoms with Crippen LogP contribution < -0.4 is 0 Å². The van der Waals surface area contributed by atoms with E-state index in [2.05, 4.69) is 13.8 Å². The van der Waals surface area contributed by atoms with Crippen LogP contribution in [0.1, 0.15) is 40.0 Å². The van der Waals surface area contributed by atoms with E-state index in [-0.39, 0.29) is 37.6 Å². The summed E-state index contributed by atoms with van der Waals surface area (Å²) in [5.74, 6) is 0.151. The van der Waals surface area contributed by atoms with Gasteiger partial charge in [-0.2, -0.15) is 0 Å². The lowest BCUT2D eigenvalue weighted by Crippen LogP contribution is -2.54. The number of ether oxygens (including phenoxy) is 3. The van der Waals surface area contributed by atoms with E-state index in [0.717, 1.165) is 12.8 Å². The number of likely N-dealkylation sites (N-methyl/N-ethyl adjacent to an activating group) is 1. The Balaban J connectivity index is 3.20. The van der Waals surface area contributed by atoms with E-state index in [0.29, 0.717) is 45.2 Å². The van der Waals surface area contributed by atoms with E-state index in [4.69, 9.17) is 14.2 Å². The highest BCUT2D eigenvalue weighted by molar-refractivity contribution is 5.79. The predicted octanol–water partition coefficient (Wildman–Crippen LogP) is 0.204. The smallest absolute Gasteiger partial charge is 0.237 e. The number of amides is 2. The summed E-state index contributed by atoms with van der Waals surface area (Å²) >= 11 is 0. The molecule has 10 heteroatoms. The molecular weight excluding hydrogens is 442 g/mol. The van der Waals surface area contributed by atoms with Crippen molar-refractivity contribution >= 4 is 11.8 Å². The quantitative estimate of drug-likeness (QED) is 0.498. The lowest BCUT2D eigenvalue weighted by Gasteiger charge is -2.39. The van der Waals surface area contributed by atoms with Crippen molar-refractivity contribution in [3.63, 3.8) is 0 Å². The monoisotopic (exact) mass is 489 g/mol. The summed E-state index contributed by atoms with van der Waals surface area (Å²) in [6, 6.07) is -0.185. The Morgan fingerprint density at radius 1 is 1.18 bits per heavy atom. The average molecular weight is 490 g/mol. The van der Waals surface area contributed by atoms with Crippen LogP contribution in [0.2, 0.25) is 0 Å². The fourth-order valence-electron chi connectivity index (χ4n) is 4.17. The molecule has 10 nitrogen and oxygen atoms in total. The third-order valence-electron chi connectivity index (χ3n) is 6.17. The molecule has 0 unspecified atom stereocenters. The Morgan fingerprint density at radius 2 is 1.88 bits per heavy atom. The Kier molecular flexibility index (Phi) is 14.8. The standard InChI is InChI=1S/C24H47N3O7/c1-18(2)13-20-14-26(19(3)28)15-22(33-6)24(31)21(29)17-34-11-8-7-9-27(20)23(30)16-25(4)10-12-32-5/h18,20-22,24,29,31H,7-17H2,1-6H3/t20-,21+,22+,24+/m0/s1. The van der Waals surface area contributed by atoms with Crippen molar-refractivity contribution in [3.05, 3.63) is 0 Å². The highest BCUT2D eigenvalue weighted by atomic mass is 16.5. The molecular formula is C24H47N3O7. The van der Waals surface area contributed by atoms with Crippen molar-refractivity contribution in [3.8, 4) is 0 Å². The first kappa shape index (κ1) is 30.7. The minimum absolute atomic E-state index is 0.0134. The molecule has 2 amide bonds. The van der Waals surface area contributed by atoms with E-state index < -0.39 is 18.3 Å². The van der Waals surface area contributed by atoms with Gasteiger partial charge >= 0.3 is 0 Å². The molecule has 1 fully saturated rings. The molecule has 0 bridgehead atoms. The van der Waals surface area contributed by atoms with Gasteiger partial charge in [0.1, 0.15) is 18.3 Å². The number of aliphatic hydroxyl groups is 2. The Hall–Kier alpha value is -1.30. The largest absolute Gasteiger partial charge is 0.388 e. The third kappa shape index (κ3) is 11.0. The lowest BCUT2D eigenvalue weighted by molar-refractivity contribution is -0.142. The summed E-state index contributed by atoms with van der Waals surface area (Å²) in [6.45, 7) is 8.52. The van der Waals surface area contributed by atoms with Crippen molar-refractivity contribution in [2.75, 3.05) is 73.8 Å². The number of rotatable bonds is 8. The van der Waals surface area contributed by atoms with E-state index in [9.17, 15) is 19.8 Å². The fraction of sp³-hybridized carbons (Fsp3) is 0.917. The summed E-state index contributed by atoms with van der Waals surface area (Å²) in [6.07, 6.45) is -0.920. The van der Waals surface area contributed by atoms with Crippen LogP contribution in [-0.4, -0.2) is 135 Å². The highest BCUT2D eigenvalue weighted by Gasteiger charge is 2.33. The summed E-state index contributed by atoms with van der Waals surface area (Å²) in [5.41, 5.74) is 0. The molecule has 4 atom stereocenters. The molecule has 1 rings (SSSR count). The lowest BCUT2D eigenvalue weighted by atomic mass is 10.00. The number of hydrogen-bond acceptors (Lipinski definition) is 8. The van der Waals surface area contributed by atoms with Gasteiger partial charge in [0, 0.05) is 60.0 Å². The van der Waals surface area contributed by atoms with Crippen LogP contribution in [0.5, 0.6) is 0 Å². The number of hydrogen-bond donors (Lipinski definition) is 2. The SMILES string of the molecule is COCCN(C)CC(=O)N1CCCCOC[C@@H](O)[C@@H](O)[C@H](OC)CN(C(C)=O)C[C@@H]1CC(C)C. The first-order valence-electron chi connectivity index (χ1n) is 12.3. The van der Waals surface area contributed by atoms with Gasteiger partial charge in [-0.1, -0.05) is 13.8 Å². The number of carbonyl (C=O) groups excluding carboxylic acids is 2. The van der Waals surface area contributed by atoms with Gasteiger partial charge in [-0.3, -0.25) is 14.5 Å². The molecule has 1 saturated heterocycles. The Labute approximate surface area is 205 Å². The van der Waals surface area contributed by atoms with Crippen molar-refractivity contribution in [2.24, 2.45) is 5.92 Å². The third-order valence-corrected chi connectivity index (χ3v) is 6.17. The molecule has 200 valence electrons. The molecule has 1 aliphatic heterocycles. The molecule has 1 aliphatic rings. The molecule has 0 aliphatic carbocycles. The predicted molar refractivity (Wildman–Crippen MR) is 129 cm³/mol. The minimum Gasteiger partial charge on any atom is -0.388 e. The van der Waals surface area contributed by atoms with Gasteiger partial charge in [0.15, 0.2) is 0 Å². The van der Waals surface area contributed by atoms with Gasteiger partial charge < -0.3 is 34.2 Å². The number of methoxy groups -OCH3 is 2. The van der Waals surface area contributed by atoms with Gasteiger partial charge in [-0.25, -0.2) is 0 Å². The first-order chi connectivity index (χ1) is 16.1. The van der Waals surface area contributed by atoms with Crippen molar-refractivity contribution < 1.29 is 34.0 Å². The van der Waals surface area contributed by atoms with Crippen LogP contribution in [0.3, 0.4) is 0 Å². The van der Waals surface area contributed by atoms with Crippen LogP contribution in [0, 0.1) is 5.92 Å². The molecule has 0 aromatic carbocycles. The summed E-state index contributed by atoms with van der Waals surface area (Å²) < 4.78 is 16.1. The van der Waals surface area contributed by atoms with Crippen LogP contribution >= 0.6 is 0 Å². The van der Waals surface area contributed by atoms with Gasteiger partial charge in [0.05, 0.1) is 19.8 Å². The Bertz CT molecular complexity index is 593. The van der Waals surface area contributed by atoms with E-state index in [1.165, 1.54) is 14.0 Å². The molecule has 2 N–H and O–H groups in total. The molecule has 0 spiro atoms. The topological polar surface area (TPSA) is 112 Å². The molecule has 1 heterocycles. The maximum absolute atomic E-state index is 13.4. The zero-order chi connectivity index (χ0) is 25.7. The fourth-order valence-corrected chi connectivity index (χ4v) is 4.17. The van der Waals surface area contributed by atoms with E-state index >= 15 is 0 Å². The van der Waals surface area contributed by atoms with E-state index in [1.54, 1.807) is 12.0 Å². The first-order valence-corrected chi connectivity index (χ1v) is 12.3. The number of carbonyl (C=O) groups is 2. The number of nitrogens with zero attached hydrogens (tertiary/aromatic N) is 3. The molecule has 0 saturated carbocycles. The van der Waals surface area contributed by atoms with Crippen LogP contribution in [0.15, 0.2) is 0 Å². The van der Waals surface area contributed by atoms with Gasteiger partial charge in [-0.05, 0) is 32.2 Å². The molecule has 0 aromatic rings.